The van der Waals surface area contributed by atoms with Crippen LogP contribution >= 0.6 is 0 Å². The number of hydrogen-bond donors (Lipinski definition) is 1. The molecule has 122 valence electrons. The van der Waals surface area contributed by atoms with Crippen molar-refractivity contribution in [2.24, 2.45) is 11.1 Å². The van der Waals surface area contributed by atoms with Crippen molar-refractivity contribution in [3.05, 3.63) is 35.4 Å². The van der Waals surface area contributed by atoms with Crippen LogP contribution in [0.5, 0.6) is 0 Å². The van der Waals surface area contributed by atoms with Gasteiger partial charge in [-0.25, -0.2) is 4.79 Å². The molecule has 0 radical (unpaired) electrons. The summed E-state index contributed by atoms with van der Waals surface area (Å²) < 4.78 is 5.49. The summed E-state index contributed by atoms with van der Waals surface area (Å²) in [7, 11) is 0. The van der Waals surface area contributed by atoms with Gasteiger partial charge in [-0.1, -0.05) is 37.6 Å². The van der Waals surface area contributed by atoms with E-state index in [1.165, 1.54) is 0 Å². The fourth-order valence-corrected chi connectivity index (χ4v) is 2.47. The molecule has 2 unspecified atom stereocenters. The van der Waals surface area contributed by atoms with Crippen LogP contribution in [0.3, 0.4) is 0 Å². The Bertz CT molecular complexity index is 650. The second kappa shape index (κ2) is 7.25. The number of nitrogens with zero attached hydrogens (tertiary/aromatic N) is 2. The van der Waals surface area contributed by atoms with Crippen molar-refractivity contribution >= 4 is 11.7 Å². The predicted molar refractivity (Wildman–Crippen MR) is 84.0 cm³/mol. The molecule has 1 aliphatic heterocycles. The SMILES string of the molecule is CCCCOCC1(C(=O)O)ON=C(c2cccc(C#N)c2)C1C. The van der Waals surface area contributed by atoms with Crippen LogP contribution in [0, 0.1) is 17.2 Å². The van der Waals surface area contributed by atoms with E-state index in [0.29, 0.717) is 23.4 Å². The molecule has 2 atom stereocenters. The zero-order valence-electron chi connectivity index (χ0n) is 13.3. The summed E-state index contributed by atoms with van der Waals surface area (Å²) in [6, 6.07) is 8.94. The Morgan fingerprint density at radius 1 is 1.57 bits per heavy atom. The van der Waals surface area contributed by atoms with Gasteiger partial charge >= 0.3 is 5.97 Å². The monoisotopic (exact) mass is 316 g/mol. The van der Waals surface area contributed by atoms with E-state index in [4.69, 9.17) is 14.8 Å². The third-order valence-corrected chi connectivity index (χ3v) is 4.02. The van der Waals surface area contributed by atoms with E-state index < -0.39 is 17.5 Å². The van der Waals surface area contributed by atoms with E-state index in [1.807, 2.05) is 6.92 Å². The van der Waals surface area contributed by atoms with Crippen molar-refractivity contribution < 1.29 is 19.5 Å². The van der Waals surface area contributed by atoms with E-state index in [2.05, 4.69) is 11.2 Å². The van der Waals surface area contributed by atoms with Gasteiger partial charge in [-0.3, -0.25) is 0 Å². The molecule has 0 aliphatic carbocycles. The highest BCUT2D eigenvalue weighted by molar-refractivity contribution is 6.06. The first-order chi connectivity index (χ1) is 11.0. The van der Waals surface area contributed by atoms with Gasteiger partial charge in [0.25, 0.3) is 5.60 Å². The minimum Gasteiger partial charge on any atom is -0.478 e. The van der Waals surface area contributed by atoms with Crippen molar-refractivity contribution in [2.45, 2.75) is 32.3 Å². The summed E-state index contributed by atoms with van der Waals surface area (Å²) >= 11 is 0. The largest absolute Gasteiger partial charge is 0.478 e. The molecule has 0 amide bonds. The van der Waals surface area contributed by atoms with Gasteiger partial charge in [-0.2, -0.15) is 5.26 Å². The van der Waals surface area contributed by atoms with Gasteiger partial charge in [0.05, 0.1) is 23.3 Å². The van der Waals surface area contributed by atoms with Crippen LogP contribution in [0.2, 0.25) is 0 Å². The summed E-state index contributed by atoms with van der Waals surface area (Å²) in [5.74, 6) is -1.59. The molecular formula is C17H20N2O4. The smallest absolute Gasteiger partial charge is 0.354 e. The van der Waals surface area contributed by atoms with Crippen molar-refractivity contribution in [1.29, 1.82) is 5.26 Å². The number of rotatable bonds is 7. The van der Waals surface area contributed by atoms with Crippen LogP contribution in [-0.2, 0) is 14.4 Å². The minimum absolute atomic E-state index is 0.0611. The van der Waals surface area contributed by atoms with Crippen LogP contribution in [0.4, 0.5) is 0 Å². The van der Waals surface area contributed by atoms with Crippen LogP contribution < -0.4 is 0 Å². The van der Waals surface area contributed by atoms with Gasteiger partial charge in [0.15, 0.2) is 0 Å². The van der Waals surface area contributed by atoms with E-state index in [9.17, 15) is 9.90 Å². The van der Waals surface area contributed by atoms with E-state index >= 15 is 0 Å². The predicted octanol–water partition coefficient (Wildman–Crippen LogP) is 2.57. The first-order valence-corrected chi connectivity index (χ1v) is 7.63. The molecule has 1 aliphatic rings. The zero-order chi connectivity index (χ0) is 16.9. The first kappa shape index (κ1) is 17.0. The minimum atomic E-state index is -1.52. The van der Waals surface area contributed by atoms with Gasteiger partial charge in [0.1, 0.15) is 6.61 Å². The van der Waals surface area contributed by atoms with Crippen LogP contribution in [0.1, 0.15) is 37.8 Å². The van der Waals surface area contributed by atoms with E-state index in [1.54, 1.807) is 31.2 Å². The maximum Gasteiger partial charge on any atom is 0.354 e. The van der Waals surface area contributed by atoms with Crippen LogP contribution in [0.25, 0.3) is 0 Å². The molecule has 0 saturated carbocycles. The Balaban J connectivity index is 2.20. The number of oxime groups is 1. The lowest BCUT2D eigenvalue weighted by Crippen LogP contribution is -2.49. The number of unbranched alkanes of at least 4 members (excludes halogenated alkanes) is 1. The molecule has 1 N–H and O–H groups in total. The summed E-state index contributed by atoms with van der Waals surface area (Å²) in [5.41, 5.74) is 0.173. The van der Waals surface area contributed by atoms with Crippen LogP contribution in [0.15, 0.2) is 29.4 Å². The Labute approximate surface area is 135 Å². The summed E-state index contributed by atoms with van der Waals surface area (Å²) in [4.78, 5) is 17.1. The second-order valence-electron chi connectivity index (χ2n) is 5.58. The molecule has 1 aromatic rings. The molecule has 0 aromatic heterocycles. The normalized spacial score (nSPS) is 23.0. The van der Waals surface area contributed by atoms with Gasteiger partial charge < -0.3 is 14.7 Å². The molecule has 1 aromatic carbocycles. The van der Waals surface area contributed by atoms with Crippen LogP contribution in [-0.4, -0.2) is 35.6 Å². The van der Waals surface area contributed by atoms with Crippen molar-refractivity contribution in [2.75, 3.05) is 13.2 Å². The number of carbonyl (C=O) groups is 1. The highest BCUT2D eigenvalue weighted by Gasteiger charge is 2.53. The van der Waals surface area contributed by atoms with Crippen molar-refractivity contribution in [3.8, 4) is 6.07 Å². The molecule has 6 heteroatoms. The molecule has 0 bridgehead atoms. The number of carboxylic acids is 1. The van der Waals surface area contributed by atoms with Crippen molar-refractivity contribution in [3.63, 3.8) is 0 Å². The molecule has 0 fully saturated rings. The number of hydrogen-bond acceptors (Lipinski definition) is 5. The van der Waals surface area contributed by atoms with Gasteiger partial charge in [0, 0.05) is 12.2 Å². The summed E-state index contributed by atoms with van der Waals surface area (Å²) in [6.07, 6.45) is 1.83. The topological polar surface area (TPSA) is 91.9 Å². The Hall–Kier alpha value is -2.39. The Morgan fingerprint density at radius 3 is 3.00 bits per heavy atom. The number of nitriles is 1. The molecule has 6 nitrogen and oxygen atoms in total. The number of carboxylic acid groups (broad SMARTS) is 1. The van der Waals surface area contributed by atoms with Gasteiger partial charge in [0.2, 0.25) is 0 Å². The fourth-order valence-electron chi connectivity index (χ4n) is 2.47. The standard InChI is InChI=1S/C17H20N2O4/c1-3-4-8-22-11-17(16(20)21)12(2)15(19-23-17)14-7-5-6-13(9-14)10-18/h5-7,9,12H,3-4,8,11H2,1-2H3,(H,20,21). The number of aliphatic carboxylic acids is 1. The fraction of sp³-hybridized carbons (Fsp3) is 0.471. The maximum absolute atomic E-state index is 11.8. The Morgan fingerprint density at radius 2 is 2.35 bits per heavy atom. The first-order valence-electron chi connectivity index (χ1n) is 7.63. The lowest BCUT2D eigenvalue weighted by Gasteiger charge is -2.26. The van der Waals surface area contributed by atoms with Gasteiger partial charge in [-0.05, 0) is 18.6 Å². The summed E-state index contributed by atoms with van der Waals surface area (Å²) in [6.45, 7) is 4.21. The lowest BCUT2D eigenvalue weighted by molar-refractivity contribution is -0.175. The van der Waals surface area contributed by atoms with Gasteiger partial charge in [-0.15, -0.1) is 0 Å². The third kappa shape index (κ3) is 3.35. The second-order valence-corrected chi connectivity index (χ2v) is 5.58. The maximum atomic E-state index is 11.8. The quantitative estimate of drug-likeness (QED) is 0.780. The Kier molecular flexibility index (Phi) is 5.35. The highest BCUT2D eigenvalue weighted by atomic mass is 16.7. The average Bonchev–Trinajstić information content (AvgIpc) is 2.90. The average molecular weight is 316 g/mol. The number of benzene rings is 1. The lowest BCUT2D eigenvalue weighted by atomic mass is 9.83. The molecule has 0 spiro atoms. The molecule has 23 heavy (non-hydrogen) atoms. The van der Waals surface area contributed by atoms with E-state index in [-0.39, 0.29) is 6.61 Å². The van der Waals surface area contributed by atoms with Crippen molar-refractivity contribution in [1.82, 2.24) is 0 Å². The molecular weight excluding hydrogens is 296 g/mol. The molecule has 2 rings (SSSR count). The third-order valence-electron chi connectivity index (χ3n) is 4.02. The number of ether oxygens (including phenoxy) is 1. The molecule has 1 heterocycles. The molecule has 0 saturated heterocycles. The highest BCUT2D eigenvalue weighted by Crippen LogP contribution is 2.33. The van der Waals surface area contributed by atoms with E-state index in [0.717, 1.165) is 12.8 Å². The summed E-state index contributed by atoms with van der Waals surface area (Å²) in [5, 5.41) is 22.6. The zero-order valence-corrected chi connectivity index (χ0v) is 13.3.